The normalized spacial score (nSPS) is 17.5. The number of hydrogen-bond acceptors (Lipinski definition) is 2. The van der Waals surface area contributed by atoms with E-state index >= 15 is 0 Å². The first-order valence-corrected chi connectivity index (χ1v) is 7.08. The number of benzene rings is 2. The van der Waals surface area contributed by atoms with E-state index in [1.165, 1.54) is 12.1 Å². The third-order valence-corrected chi connectivity index (χ3v) is 3.72. The van der Waals surface area contributed by atoms with E-state index in [4.69, 9.17) is 4.74 Å². The van der Waals surface area contributed by atoms with Gasteiger partial charge in [-0.15, -0.1) is 0 Å². The van der Waals surface area contributed by atoms with Gasteiger partial charge in [-0.3, -0.25) is 4.79 Å². The summed E-state index contributed by atoms with van der Waals surface area (Å²) in [4.78, 5) is 12.1. The molecule has 7 heteroatoms. The number of carbonyl (C=O) groups excluding carboxylic acids is 1. The molecule has 3 rings (SSSR count). The minimum Gasteiger partial charge on any atom is -0.474 e. The fourth-order valence-corrected chi connectivity index (χ4v) is 2.48. The van der Waals surface area contributed by atoms with Crippen LogP contribution in [0.4, 0.5) is 18.9 Å². The molecule has 0 radical (unpaired) electrons. The number of rotatable bonds is 1. The molecule has 1 aliphatic rings. The molecule has 22 heavy (non-hydrogen) atoms. The van der Waals surface area contributed by atoms with Crippen LogP contribution in [0.3, 0.4) is 0 Å². The summed E-state index contributed by atoms with van der Waals surface area (Å²) >= 11 is 3.30. The van der Waals surface area contributed by atoms with Crippen molar-refractivity contribution < 1.29 is 22.7 Å². The Balaban J connectivity index is 1.91. The van der Waals surface area contributed by atoms with Gasteiger partial charge in [-0.25, -0.2) is 0 Å². The summed E-state index contributed by atoms with van der Waals surface area (Å²) in [5.41, 5.74) is 0.114. The molecular weight excluding hydrogens is 363 g/mol. The Hall–Kier alpha value is -2.02. The highest BCUT2D eigenvalue weighted by molar-refractivity contribution is 9.10. The lowest BCUT2D eigenvalue weighted by atomic mass is 10.0. The molecule has 1 N–H and O–H groups in total. The summed E-state index contributed by atoms with van der Waals surface area (Å²) < 4.78 is 44.1. The first-order chi connectivity index (χ1) is 10.3. The second-order valence-electron chi connectivity index (χ2n) is 4.75. The van der Waals surface area contributed by atoms with Gasteiger partial charge in [0.1, 0.15) is 5.75 Å². The average Bonchev–Trinajstić information content (AvgIpc) is 2.46. The molecule has 0 aromatic heterocycles. The zero-order chi connectivity index (χ0) is 15.9. The van der Waals surface area contributed by atoms with Gasteiger partial charge in [0.05, 0.1) is 11.3 Å². The van der Waals surface area contributed by atoms with Crippen LogP contribution in [-0.2, 0) is 11.0 Å². The second kappa shape index (κ2) is 5.31. The number of carbonyl (C=O) groups is 1. The zero-order valence-electron chi connectivity index (χ0n) is 10.9. The molecule has 1 amide bonds. The fourth-order valence-electron chi connectivity index (χ4n) is 2.14. The van der Waals surface area contributed by atoms with Crippen molar-refractivity contribution in [2.75, 3.05) is 5.32 Å². The summed E-state index contributed by atoms with van der Waals surface area (Å²) in [5, 5.41) is 2.67. The lowest BCUT2D eigenvalue weighted by Crippen LogP contribution is -2.30. The van der Waals surface area contributed by atoms with Crippen molar-refractivity contribution >= 4 is 27.5 Å². The number of halogens is 4. The van der Waals surface area contributed by atoms with Crippen LogP contribution in [0, 0.1) is 0 Å². The minimum absolute atomic E-state index is 0.358. The van der Waals surface area contributed by atoms with Gasteiger partial charge in [-0.1, -0.05) is 28.1 Å². The average molecular weight is 372 g/mol. The van der Waals surface area contributed by atoms with Crippen LogP contribution in [-0.4, -0.2) is 5.91 Å². The van der Waals surface area contributed by atoms with Crippen molar-refractivity contribution in [1.29, 1.82) is 0 Å². The molecule has 1 atom stereocenters. The maximum absolute atomic E-state index is 12.6. The Kier molecular flexibility index (Phi) is 3.60. The van der Waals surface area contributed by atoms with E-state index in [1.807, 2.05) is 0 Å². The van der Waals surface area contributed by atoms with Gasteiger partial charge in [0.2, 0.25) is 6.10 Å². The molecular formula is C15H9BrF3NO2. The molecule has 1 heterocycles. The highest BCUT2D eigenvalue weighted by atomic mass is 79.9. The lowest BCUT2D eigenvalue weighted by Gasteiger charge is -2.26. The second-order valence-corrected chi connectivity index (χ2v) is 5.66. The molecule has 2 aromatic rings. The SMILES string of the molecule is O=C1Nc2ccc(Br)cc2OC1c1ccc(C(F)(F)F)cc1. The topological polar surface area (TPSA) is 38.3 Å². The third-order valence-electron chi connectivity index (χ3n) is 3.23. The van der Waals surface area contributed by atoms with Crippen LogP contribution in [0.5, 0.6) is 5.75 Å². The molecule has 0 saturated carbocycles. The van der Waals surface area contributed by atoms with Gasteiger partial charge in [-0.2, -0.15) is 13.2 Å². The minimum atomic E-state index is -4.41. The van der Waals surface area contributed by atoms with Crippen LogP contribution in [0.15, 0.2) is 46.9 Å². The molecule has 0 bridgehead atoms. The van der Waals surface area contributed by atoms with E-state index in [1.54, 1.807) is 18.2 Å². The van der Waals surface area contributed by atoms with Crippen molar-refractivity contribution in [3.63, 3.8) is 0 Å². The number of alkyl halides is 3. The van der Waals surface area contributed by atoms with E-state index in [0.29, 0.717) is 17.0 Å². The first-order valence-electron chi connectivity index (χ1n) is 6.29. The Labute approximate surface area is 132 Å². The highest BCUT2D eigenvalue weighted by Gasteiger charge is 2.32. The van der Waals surface area contributed by atoms with Gasteiger partial charge >= 0.3 is 6.18 Å². The number of anilines is 1. The van der Waals surface area contributed by atoms with E-state index < -0.39 is 23.8 Å². The van der Waals surface area contributed by atoms with Crippen molar-refractivity contribution in [3.05, 3.63) is 58.1 Å². The standard InChI is InChI=1S/C15H9BrF3NO2/c16-10-5-6-11-12(7-10)22-13(14(21)20-11)8-1-3-9(4-2-8)15(17,18)19/h1-7,13H,(H,20,21). The number of fused-ring (bicyclic) bond motifs is 1. The van der Waals surface area contributed by atoms with Crippen molar-refractivity contribution in [3.8, 4) is 5.75 Å². The fraction of sp³-hybridized carbons (Fsp3) is 0.133. The van der Waals surface area contributed by atoms with Crippen molar-refractivity contribution in [2.24, 2.45) is 0 Å². The van der Waals surface area contributed by atoms with Crippen LogP contribution in [0.1, 0.15) is 17.2 Å². The van der Waals surface area contributed by atoms with Crippen molar-refractivity contribution in [2.45, 2.75) is 12.3 Å². The summed E-state index contributed by atoms with van der Waals surface area (Å²) in [7, 11) is 0. The van der Waals surface area contributed by atoms with Crippen LogP contribution in [0.25, 0.3) is 0 Å². The van der Waals surface area contributed by atoms with Crippen LogP contribution < -0.4 is 10.1 Å². The zero-order valence-corrected chi connectivity index (χ0v) is 12.5. The summed E-state index contributed by atoms with van der Waals surface area (Å²) in [6.07, 6.45) is -5.39. The maximum Gasteiger partial charge on any atom is 0.416 e. The van der Waals surface area contributed by atoms with E-state index in [2.05, 4.69) is 21.2 Å². The quantitative estimate of drug-likeness (QED) is 0.798. The Bertz CT molecular complexity index is 729. The first kappa shape index (κ1) is 14.9. The predicted octanol–water partition coefficient (Wildman–Crippen LogP) is 4.54. The molecule has 114 valence electrons. The van der Waals surface area contributed by atoms with Crippen molar-refractivity contribution in [1.82, 2.24) is 0 Å². The third kappa shape index (κ3) is 2.81. The largest absolute Gasteiger partial charge is 0.474 e. The molecule has 2 aromatic carbocycles. The van der Waals surface area contributed by atoms with E-state index in [-0.39, 0.29) is 0 Å². The van der Waals surface area contributed by atoms with Crippen LogP contribution in [0.2, 0.25) is 0 Å². The number of nitrogens with one attached hydrogen (secondary N) is 1. The molecule has 0 saturated heterocycles. The molecule has 0 spiro atoms. The molecule has 1 unspecified atom stereocenters. The Morgan fingerprint density at radius 3 is 2.41 bits per heavy atom. The van der Waals surface area contributed by atoms with Crippen LogP contribution >= 0.6 is 15.9 Å². The summed E-state index contributed by atoms with van der Waals surface area (Å²) in [6.45, 7) is 0. The van der Waals surface area contributed by atoms with Gasteiger partial charge in [-0.05, 0) is 30.3 Å². The molecule has 0 fully saturated rings. The Morgan fingerprint density at radius 2 is 1.77 bits per heavy atom. The van der Waals surface area contributed by atoms with Gasteiger partial charge in [0.25, 0.3) is 5.91 Å². The number of hydrogen-bond donors (Lipinski definition) is 1. The maximum atomic E-state index is 12.6. The monoisotopic (exact) mass is 371 g/mol. The molecule has 1 aliphatic heterocycles. The van der Waals surface area contributed by atoms with Gasteiger partial charge < -0.3 is 10.1 Å². The smallest absolute Gasteiger partial charge is 0.416 e. The summed E-state index contributed by atoms with van der Waals surface area (Å²) in [6, 6.07) is 9.48. The summed E-state index contributed by atoms with van der Waals surface area (Å²) in [5.74, 6) is 0.0356. The highest BCUT2D eigenvalue weighted by Crippen LogP contribution is 2.37. The van der Waals surface area contributed by atoms with E-state index in [9.17, 15) is 18.0 Å². The number of ether oxygens (including phenoxy) is 1. The molecule has 3 nitrogen and oxygen atoms in total. The van der Waals surface area contributed by atoms with Gasteiger partial charge in [0.15, 0.2) is 0 Å². The lowest BCUT2D eigenvalue weighted by molar-refractivity contribution is -0.137. The Morgan fingerprint density at radius 1 is 1.09 bits per heavy atom. The number of amides is 1. The van der Waals surface area contributed by atoms with E-state index in [0.717, 1.165) is 16.6 Å². The predicted molar refractivity (Wildman–Crippen MR) is 77.6 cm³/mol. The molecule has 0 aliphatic carbocycles. The van der Waals surface area contributed by atoms with Gasteiger partial charge in [0, 0.05) is 10.0 Å².